The van der Waals surface area contributed by atoms with Crippen LogP contribution in [0.3, 0.4) is 0 Å². The van der Waals surface area contributed by atoms with Gasteiger partial charge in [-0.05, 0) is 55.4 Å². The van der Waals surface area contributed by atoms with Crippen molar-refractivity contribution in [3.05, 3.63) is 52.5 Å². The van der Waals surface area contributed by atoms with Gasteiger partial charge in [-0.1, -0.05) is 41.9 Å². The standard InChI is InChI=1S/C20H23BrN2O3S/c1-4-25-18-8-6-5-7-16(18)22-20(27)23-19(24)15-11-14(21)9-10-17(15)26-12-13(2)3/h5-11,13H,4,12H2,1-3H3,(H2,22,23,24,27). The van der Waals surface area contributed by atoms with Crippen molar-refractivity contribution in [3.8, 4) is 11.5 Å². The van der Waals surface area contributed by atoms with E-state index < -0.39 is 0 Å². The minimum absolute atomic E-state index is 0.182. The Bertz CT molecular complexity index is 812. The Kier molecular flexibility index (Phi) is 8.06. The molecule has 0 unspecified atom stereocenters. The molecule has 144 valence electrons. The number of benzene rings is 2. The van der Waals surface area contributed by atoms with Gasteiger partial charge in [0.1, 0.15) is 11.5 Å². The third-order valence-corrected chi connectivity index (χ3v) is 4.12. The smallest absolute Gasteiger partial charge is 0.261 e. The Labute approximate surface area is 173 Å². The van der Waals surface area contributed by atoms with Crippen molar-refractivity contribution in [2.75, 3.05) is 18.5 Å². The number of halogens is 1. The summed E-state index contributed by atoms with van der Waals surface area (Å²) in [4.78, 5) is 12.7. The fourth-order valence-electron chi connectivity index (χ4n) is 2.24. The van der Waals surface area contributed by atoms with E-state index in [4.69, 9.17) is 21.7 Å². The number of hydrogen-bond acceptors (Lipinski definition) is 4. The molecular formula is C20H23BrN2O3S. The van der Waals surface area contributed by atoms with Crippen LogP contribution >= 0.6 is 28.1 Å². The van der Waals surface area contributed by atoms with Crippen LogP contribution in [-0.2, 0) is 0 Å². The highest BCUT2D eigenvalue weighted by molar-refractivity contribution is 9.10. The molecule has 2 aromatic rings. The van der Waals surface area contributed by atoms with Crippen LogP contribution < -0.4 is 20.1 Å². The van der Waals surface area contributed by atoms with Crippen molar-refractivity contribution in [1.29, 1.82) is 0 Å². The van der Waals surface area contributed by atoms with Crippen LogP contribution in [-0.4, -0.2) is 24.2 Å². The predicted octanol–water partition coefficient (Wildman–Crippen LogP) is 5.01. The molecule has 5 nitrogen and oxygen atoms in total. The van der Waals surface area contributed by atoms with Crippen LogP contribution in [0.2, 0.25) is 0 Å². The Morgan fingerprint density at radius 3 is 2.59 bits per heavy atom. The highest BCUT2D eigenvalue weighted by Gasteiger charge is 2.16. The lowest BCUT2D eigenvalue weighted by Crippen LogP contribution is -2.34. The molecule has 0 aliphatic rings. The second-order valence-electron chi connectivity index (χ2n) is 6.18. The van der Waals surface area contributed by atoms with Gasteiger partial charge < -0.3 is 14.8 Å². The van der Waals surface area contributed by atoms with Gasteiger partial charge in [0.05, 0.1) is 24.5 Å². The van der Waals surface area contributed by atoms with Crippen molar-refractivity contribution in [1.82, 2.24) is 5.32 Å². The zero-order chi connectivity index (χ0) is 19.8. The van der Waals surface area contributed by atoms with E-state index in [1.165, 1.54) is 0 Å². The molecule has 27 heavy (non-hydrogen) atoms. The molecule has 1 amide bonds. The Morgan fingerprint density at radius 1 is 1.15 bits per heavy atom. The van der Waals surface area contributed by atoms with Crippen LogP contribution in [0.15, 0.2) is 46.9 Å². The molecule has 7 heteroatoms. The minimum atomic E-state index is -0.346. The molecule has 2 N–H and O–H groups in total. The molecule has 0 radical (unpaired) electrons. The van der Waals surface area contributed by atoms with Gasteiger partial charge >= 0.3 is 0 Å². The average molecular weight is 451 g/mol. The fraction of sp³-hybridized carbons (Fsp3) is 0.300. The average Bonchev–Trinajstić information content (AvgIpc) is 2.62. The van der Waals surface area contributed by atoms with Gasteiger partial charge in [0.15, 0.2) is 5.11 Å². The van der Waals surface area contributed by atoms with E-state index in [1.54, 1.807) is 12.1 Å². The SMILES string of the molecule is CCOc1ccccc1NC(=S)NC(=O)c1cc(Br)ccc1OCC(C)C. The number of ether oxygens (including phenoxy) is 2. The first kappa shape index (κ1) is 21.2. The molecule has 0 aromatic heterocycles. The summed E-state index contributed by atoms with van der Waals surface area (Å²) in [5.41, 5.74) is 1.10. The molecule has 0 saturated carbocycles. The summed E-state index contributed by atoms with van der Waals surface area (Å²) in [6.07, 6.45) is 0. The zero-order valence-electron chi connectivity index (χ0n) is 15.5. The lowest BCUT2D eigenvalue weighted by atomic mass is 10.2. The molecular weight excluding hydrogens is 428 g/mol. The Hall–Kier alpha value is -2.12. The van der Waals surface area contributed by atoms with Crippen molar-refractivity contribution < 1.29 is 14.3 Å². The van der Waals surface area contributed by atoms with E-state index in [0.717, 1.165) is 4.47 Å². The van der Waals surface area contributed by atoms with Crippen LogP contribution in [0.1, 0.15) is 31.1 Å². The van der Waals surface area contributed by atoms with Gasteiger partial charge in [0, 0.05) is 4.47 Å². The second kappa shape index (κ2) is 10.3. The summed E-state index contributed by atoms with van der Waals surface area (Å²) < 4.78 is 12.1. The largest absolute Gasteiger partial charge is 0.492 e. The number of rotatable bonds is 7. The lowest BCUT2D eigenvalue weighted by molar-refractivity contribution is 0.0973. The first-order chi connectivity index (χ1) is 12.9. The minimum Gasteiger partial charge on any atom is -0.492 e. The lowest BCUT2D eigenvalue weighted by Gasteiger charge is -2.15. The molecule has 0 spiro atoms. The number of para-hydroxylation sites is 2. The highest BCUT2D eigenvalue weighted by atomic mass is 79.9. The molecule has 0 fully saturated rings. The molecule has 0 saturated heterocycles. The van der Waals surface area contributed by atoms with Gasteiger partial charge in [0.25, 0.3) is 5.91 Å². The van der Waals surface area contributed by atoms with Crippen LogP contribution in [0.25, 0.3) is 0 Å². The maximum absolute atomic E-state index is 12.7. The number of nitrogens with one attached hydrogen (secondary N) is 2. The maximum atomic E-state index is 12.7. The summed E-state index contributed by atoms with van der Waals surface area (Å²) >= 11 is 8.68. The van der Waals surface area contributed by atoms with Crippen molar-refractivity contribution >= 4 is 44.9 Å². The maximum Gasteiger partial charge on any atom is 0.261 e. The first-order valence-corrected chi connectivity index (χ1v) is 9.87. The van der Waals surface area contributed by atoms with E-state index >= 15 is 0 Å². The van der Waals surface area contributed by atoms with Crippen molar-refractivity contribution in [2.24, 2.45) is 5.92 Å². The quantitative estimate of drug-likeness (QED) is 0.580. The van der Waals surface area contributed by atoms with E-state index in [9.17, 15) is 4.79 Å². The number of carbonyl (C=O) groups excluding carboxylic acids is 1. The highest BCUT2D eigenvalue weighted by Crippen LogP contribution is 2.25. The van der Waals surface area contributed by atoms with Crippen molar-refractivity contribution in [3.63, 3.8) is 0 Å². The van der Waals surface area contributed by atoms with Crippen LogP contribution in [0, 0.1) is 5.92 Å². The molecule has 0 heterocycles. The molecule has 2 rings (SSSR count). The fourth-order valence-corrected chi connectivity index (χ4v) is 2.80. The predicted molar refractivity (Wildman–Crippen MR) is 116 cm³/mol. The van der Waals surface area contributed by atoms with E-state index in [0.29, 0.717) is 41.9 Å². The first-order valence-electron chi connectivity index (χ1n) is 8.67. The zero-order valence-corrected chi connectivity index (χ0v) is 17.9. The van der Waals surface area contributed by atoms with E-state index in [2.05, 4.69) is 26.6 Å². The molecule has 0 aliphatic heterocycles. The van der Waals surface area contributed by atoms with Gasteiger partial charge in [-0.25, -0.2) is 0 Å². The molecule has 2 aromatic carbocycles. The van der Waals surface area contributed by atoms with Gasteiger partial charge in [-0.3, -0.25) is 10.1 Å². The number of amides is 1. The summed E-state index contributed by atoms with van der Waals surface area (Å²) in [5.74, 6) is 1.19. The summed E-state index contributed by atoms with van der Waals surface area (Å²) in [6.45, 7) is 7.06. The second-order valence-corrected chi connectivity index (χ2v) is 7.51. The third kappa shape index (κ3) is 6.52. The molecule has 0 bridgehead atoms. The number of carbonyl (C=O) groups is 1. The van der Waals surface area contributed by atoms with E-state index in [1.807, 2.05) is 51.1 Å². The van der Waals surface area contributed by atoms with E-state index in [-0.39, 0.29) is 11.0 Å². The number of thiocarbonyl (C=S) groups is 1. The summed E-state index contributed by atoms with van der Waals surface area (Å²) in [7, 11) is 0. The Morgan fingerprint density at radius 2 is 1.89 bits per heavy atom. The Balaban J connectivity index is 2.10. The van der Waals surface area contributed by atoms with Crippen LogP contribution in [0.5, 0.6) is 11.5 Å². The number of anilines is 1. The van der Waals surface area contributed by atoms with Gasteiger partial charge in [-0.15, -0.1) is 0 Å². The normalized spacial score (nSPS) is 10.4. The van der Waals surface area contributed by atoms with Gasteiger partial charge in [-0.2, -0.15) is 0 Å². The molecule has 0 atom stereocenters. The topological polar surface area (TPSA) is 59.6 Å². The number of hydrogen-bond donors (Lipinski definition) is 2. The third-order valence-electron chi connectivity index (χ3n) is 3.42. The van der Waals surface area contributed by atoms with Crippen LogP contribution in [0.4, 0.5) is 5.69 Å². The summed E-state index contributed by atoms with van der Waals surface area (Å²) in [5, 5.41) is 5.88. The van der Waals surface area contributed by atoms with Crippen molar-refractivity contribution in [2.45, 2.75) is 20.8 Å². The monoisotopic (exact) mass is 450 g/mol. The summed E-state index contributed by atoms with van der Waals surface area (Å²) in [6, 6.07) is 12.7. The van der Waals surface area contributed by atoms with Gasteiger partial charge in [0.2, 0.25) is 0 Å². The molecule has 0 aliphatic carbocycles.